The molecule has 2 atom stereocenters. The smallest absolute Gasteiger partial charge is 0.336 e. The van der Waals surface area contributed by atoms with E-state index in [4.69, 9.17) is 14.2 Å². The van der Waals surface area contributed by atoms with Crippen LogP contribution in [-0.2, 0) is 14.3 Å². The molecule has 0 saturated carbocycles. The maximum absolute atomic E-state index is 13.8. The Morgan fingerprint density at radius 2 is 1.86 bits per heavy atom. The first-order valence-corrected chi connectivity index (χ1v) is 13.3. The van der Waals surface area contributed by atoms with Crippen LogP contribution in [0.1, 0.15) is 63.0 Å². The van der Waals surface area contributed by atoms with Crippen LogP contribution < -0.4 is 14.8 Å². The highest BCUT2D eigenvalue weighted by Crippen LogP contribution is 2.48. The van der Waals surface area contributed by atoms with Gasteiger partial charge in [-0.25, -0.2) is 4.79 Å². The van der Waals surface area contributed by atoms with E-state index in [1.807, 2.05) is 45.0 Å². The summed E-state index contributed by atoms with van der Waals surface area (Å²) >= 11 is 3.41. The van der Waals surface area contributed by atoms with E-state index in [2.05, 4.69) is 21.2 Å². The number of carbonyl (C=O) groups is 2. The lowest BCUT2D eigenvalue weighted by atomic mass is 9.71. The summed E-state index contributed by atoms with van der Waals surface area (Å²) in [4.78, 5) is 27.1. The van der Waals surface area contributed by atoms with Gasteiger partial charge in [-0.15, -0.1) is 0 Å². The number of carbonyl (C=O) groups excluding carboxylic acids is 2. The van der Waals surface area contributed by atoms with E-state index in [-0.39, 0.29) is 29.8 Å². The fraction of sp³-hybridized carbons (Fsp3) is 0.379. The van der Waals surface area contributed by atoms with Crippen LogP contribution in [0.4, 0.5) is 0 Å². The number of halogens is 1. The molecule has 2 aromatic carbocycles. The summed E-state index contributed by atoms with van der Waals surface area (Å²) < 4.78 is 16.9. The van der Waals surface area contributed by atoms with Crippen LogP contribution in [0, 0.1) is 0 Å². The maximum atomic E-state index is 13.8. The van der Waals surface area contributed by atoms with Crippen molar-refractivity contribution in [2.24, 2.45) is 0 Å². The molecule has 0 bridgehead atoms. The highest BCUT2D eigenvalue weighted by atomic mass is 79.9. The zero-order valence-electron chi connectivity index (χ0n) is 21.5. The molecule has 2 aliphatic rings. The average molecular weight is 570 g/mol. The molecule has 0 amide bonds. The van der Waals surface area contributed by atoms with E-state index in [1.54, 1.807) is 19.2 Å². The van der Waals surface area contributed by atoms with Crippen molar-refractivity contribution >= 4 is 27.7 Å². The summed E-state index contributed by atoms with van der Waals surface area (Å²) in [5.74, 6) is -0.132. The van der Waals surface area contributed by atoms with Gasteiger partial charge >= 0.3 is 5.97 Å². The van der Waals surface area contributed by atoms with E-state index >= 15 is 0 Å². The number of hydrogen-bond acceptors (Lipinski definition) is 7. The standard InChI is InChI=1S/C29H32BrNO6/c1-5-11-37-29(34)25-16(3)31-22-13-18(17-7-9-20(35-4)10-8-17)14-23(32)27(22)26(25)19-12-21(30)28(33)24(15-19)36-6-2/h7-10,12,15,18,26,31,33H,5-6,11,13-14H2,1-4H3/t18-,26+/m1/s1. The molecule has 7 nitrogen and oxygen atoms in total. The lowest BCUT2D eigenvalue weighted by Gasteiger charge is -2.37. The Balaban J connectivity index is 1.81. The summed E-state index contributed by atoms with van der Waals surface area (Å²) in [5.41, 5.74) is 4.12. The lowest BCUT2D eigenvalue weighted by Crippen LogP contribution is -2.36. The van der Waals surface area contributed by atoms with Gasteiger partial charge in [-0.1, -0.05) is 19.1 Å². The molecule has 196 valence electrons. The number of esters is 1. The second-order valence-corrected chi connectivity index (χ2v) is 10.1. The maximum Gasteiger partial charge on any atom is 0.336 e. The zero-order chi connectivity index (χ0) is 26.7. The van der Waals surface area contributed by atoms with Crippen LogP contribution in [-0.4, -0.2) is 37.2 Å². The van der Waals surface area contributed by atoms with Crippen molar-refractivity contribution in [2.75, 3.05) is 20.3 Å². The van der Waals surface area contributed by atoms with Crippen LogP contribution in [0.3, 0.4) is 0 Å². The Morgan fingerprint density at radius 1 is 1.14 bits per heavy atom. The normalized spacial score (nSPS) is 19.3. The molecular formula is C29H32BrNO6. The summed E-state index contributed by atoms with van der Waals surface area (Å²) in [5, 5.41) is 13.9. The van der Waals surface area contributed by atoms with E-state index in [0.717, 1.165) is 17.0 Å². The van der Waals surface area contributed by atoms with Crippen molar-refractivity contribution < 1.29 is 28.9 Å². The van der Waals surface area contributed by atoms with Crippen LogP contribution in [0.2, 0.25) is 0 Å². The largest absolute Gasteiger partial charge is 0.503 e. The first-order chi connectivity index (χ1) is 17.8. The number of allylic oxidation sites excluding steroid dienone is 3. The third kappa shape index (κ3) is 5.39. The minimum Gasteiger partial charge on any atom is -0.503 e. The summed E-state index contributed by atoms with van der Waals surface area (Å²) in [6.07, 6.45) is 1.62. The molecule has 8 heteroatoms. The molecule has 1 aliphatic carbocycles. The summed E-state index contributed by atoms with van der Waals surface area (Å²) in [6, 6.07) is 11.2. The van der Waals surface area contributed by atoms with Crippen molar-refractivity contribution in [1.82, 2.24) is 5.32 Å². The quantitative estimate of drug-likeness (QED) is 0.383. The van der Waals surface area contributed by atoms with Gasteiger partial charge in [-0.2, -0.15) is 0 Å². The summed E-state index contributed by atoms with van der Waals surface area (Å²) in [7, 11) is 1.62. The molecule has 4 rings (SSSR count). The van der Waals surface area contributed by atoms with Crippen molar-refractivity contribution in [1.29, 1.82) is 0 Å². The Bertz CT molecular complexity index is 1260. The van der Waals surface area contributed by atoms with E-state index in [1.165, 1.54) is 0 Å². The van der Waals surface area contributed by atoms with Crippen molar-refractivity contribution in [3.8, 4) is 17.2 Å². The Morgan fingerprint density at radius 3 is 2.51 bits per heavy atom. The highest BCUT2D eigenvalue weighted by Gasteiger charge is 2.42. The minimum atomic E-state index is -0.652. The molecule has 37 heavy (non-hydrogen) atoms. The van der Waals surface area contributed by atoms with Gasteiger partial charge in [0.05, 0.1) is 30.4 Å². The van der Waals surface area contributed by atoms with Crippen LogP contribution in [0.15, 0.2) is 63.4 Å². The Labute approximate surface area is 225 Å². The number of rotatable bonds is 8. The van der Waals surface area contributed by atoms with Crippen molar-refractivity contribution in [3.05, 3.63) is 74.5 Å². The molecule has 0 aromatic heterocycles. The molecule has 0 unspecified atom stereocenters. The number of Topliss-reactive ketones (excluding diaryl/α,β-unsaturated/α-hetero) is 1. The fourth-order valence-electron chi connectivity index (χ4n) is 5.05. The van der Waals surface area contributed by atoms with Crippen LogP contribution in [0.25, 0.3) is 0 Å². The Kier molecular flexibility index (Phi) is 8.27. The highest BCUT2D eigenvalue weighted by molar-refractivity contribution is 9.10. The van der Waals surface area contributed by atoms with E-state index in [0.29, 0.717) is 52.7 Å². The van der Waals surface area contributed by atoms with Gasteiger partial charge in [0.15, 0.2) is 17.3 Å². The third-order valence-corrected chi connectivity index (χ3v) is 7.36. The fourth-order valence-corrected chi connectivity index (χ4v) is 5.51. The van der Waals surface area contributed by atoms with Crippen LogP contribution in [0.5, 0.6) is 17.2 Å². The molecule has 0 fully saturated rings. The number of methoxy groups -OCH3 is 1. The number of hydrogen-bond donors (Lipinski definition) is 2. The first kappa shape index (κ1) is 26.8. The SMILES string of the molecule is CCCOC(=O)C1=C(C)NC2=C(C(=O)C[C@H](c3ccc(OC)cc3)C2)[C@H]1c1cc(Br)c(O)c(OCC)c1. The molecule has 2 aromatic rings. The van der Waals surface area contributed by atoms with Gasteiger partial charge in [-0.05, 0) is 83.9 Å². The number of dihydropyridines is 1. The van der Waals surface area contributed by atoms with E-state index < -0.39 is 11.9 Å². The lowest BCUT2D eigenvalue weighted by molar-refractivity contribution is -0.139. The number of ether oxygens (including phenoxy) is 3. The molecule has 0 saturated heterocycles. The average Bonchev–Trinajstić information content (AvgIpc) is 2.89. The molecule has 0 spiro atoms. The van der Waals surface area contributed by atoms with Gasteiger partial charge in [-0.3, -0.25) is 4.79 Å². The number of phenols is 1. The van der Waals surface area contributed by atoms with Crippen molar-refractivity contribution in [2.45, 2.75) is 51.9 Å². The van der Waals surface area contributed by atoms with Gasteiger partial charge in [0.1, 0.15) is 5.75 Å². The minimum absolute atomic E-state index is 0.00256. The van der Waals surface area contributed by atoms with Gasteiger partial charge < -0.3 is 24.6 Å². The third-order valence-electron chi connectivity index (χ3n) is 6.76. The number of nitrogens with one attached hydrogen (secondary N) is 1. The number of ketones is 1. The topological polar surface area (TPSA) is 94.1 Å². The molecule has 1 aliphatic heterocycles. The predicted molar refractivity (Wildman–Crippen MR) is 144 cm³/mol. The molecule has 0 radical (unpaired) electrons. The van der Waals surface area contributed by atoms with Crippen molar-refractivity contribution in [3.63, 3.8) is 0 Å². The summed E-state index contributed by atoms with van der Waals surface area (Å²) in [6.45, 7) is 6.23. The number of aromatic hydroxyl groups is 1. The Hall–Kier alpha value is -3.26. The first-order valence-electron chi connectivity index (χ1n) is 12.5. The number of phenolic OH excluding ortho intramolecular Hbond substituents is 1. The molecular weight excluding hydrogens is 538 g/mol. The monoisotopic (exact) mass is 569 g/mol. The second-order valence-electron chi connectivity index (χ2n) is 9.21. The molecule has 2 N–H and O–H groups in total. The van der Waals surface area contributed by atoms with E-state index in [9.17, 15) is 14.7 Å². The zero-order valence-corrected chi connectivity index (χ0v) is 23.1. The molecule has 1 heterocycles. The number of benzene rings is 2. The van der Waals surface area contributed by atoms with Gasteiger partial charge in [0.25, 0.3) is 0 Å². The second kappa shape index (κ2) is 11.4. The van der Waals surface area contributed by atoms with Gasteiger partial charge in [0.2, 0.25) is 0 Å². The predicted octanol–water partition coefficient (Wildman–Crippen LogP) is 5.88. The van der Waals surface area contributed by atoms with Gasteiger partial charge in [0, 0.05) is 29.3 Å². The van der Waals surface area contributed by atoms with Crippen LogP contribution >= 0.6 is 15.9 Å².